The van der Waals surface area contributed by atoms with Gasteiger partial charge in [-0.3, -0.25) is 9.78 Å². The van der Waals surface area contributed by atoms with E-state index in [4.69, 9.17) is 9.84 Å². The summed E-state index contributed by atoms with van der Waals surface area (Å²) < 4.78 is 7.08. The summed E-state index contributed by atoms with van der Waals surface area (Å²) >= 11 is 1.52. The number of piperidine rings is 1. The summed E-state index contributed by atoms with van der Waals surface area (Å²) in [5.74, 6) is -0.378. The third-order valence-electron chi connectivity index (χ3n) is 5.49. The number of carboxylic acids is 1. The molecule has 0 saturated carbocycles. The van der Waals surface area contributed by atoms with E-state index in [2.05, 4.69) is 26.6 Å². The maximum atomic E-state index is 12.6. The number of carbonyl (C=O) groups excluding carboxylic acids is 1. The van der Waals surface area contributed by atoms with Crippen molar-refractivity contribution in [3.63, 3.8) is 0 Å². The van der Waals surface area contributed by atoms with Crippen LogP contribution in [0, 0.1) is 6.92 Å². The molecule has 0 unspecified atom stereocenters. The van der Waals surface area contributed by atoms with Gasteiger partial charge in [0.1, 0.15) is 5.75 Å². The van der Waals surface area contributed by atoms with Crippen LogP contribution in [0.2, 0.25) is 0 Å². The van der Waals surface area contributed by atoms with E-state index >= 15 is 0 Å². The van der Waals surface area contributed by atoms with Crippen LogP contribution in [-0.2, 0) is 17.8 Å². The zero-order valence-electron chi connectivity index (χ0n) is 18.8. The van der Waals surface area contributed by atoms with Gasteiger partial charge in [-0.2, -0.15) is 0 Å². The molecule has 0 radical (unpaired) electrons. The Morgan fingerprint density at radius 2 is 1.94 bits per heavy atom. The highest BCUT2D eigenvalue weighted by Gasteiger charge is 2.26. The number of aliphatic carboxylic acids is 1. The first-order valence-electron chi connectivity index (χ1n) is 11.1. The zero-order valence-corrected chi connectivity index (χ0v) is 19.6. The first kappa shape index (κ1) is 23.7. The van der Waals surface area contributed by atoms with Crippen LogP contribution in [-0.4, -0.2) is 65.6 Å². The molecule has 2 aromatic heterocycles. The zero-order chi connectivity index (χ0) is 23.9. The molecule has 1 N–H and O–H groups in total. The third kappa shape index (κ3) is 6.53. The van der Waals surface area contributed by atoms with E-state index in [1.165, 1.54) is 22.0 Å². The molecule has 0 atom stereocenters. The van der Waals surface area contributed by atoms with Gasteiger partial charge in [-0.15, -0.1) is 5.10 Å². The minimum Gasteiger partial charge on any atom is -0.481 e. The Morgan fingerprint density at radius 3 is 2.65 bits per heavy atom. The van der Waals surface area contributed by atoms with E-state index < -0.39 is 5.97 Å². The molecule has 0 bridgehead atoms. The quantitative estimate of drug-likeness (QED) is 0.515. The van der Waals surface area contributed by atoms with E-state index in [-0.39, 0.29) is 24.3 Å². The van der Waals surface area contributed by atoms with E-state index in [1.54, 1.807) is 4.90 Å². The second kappa shape index (κ2) is 11.1. The summed E-state index contributed by atoms with van der Waals surface area (Å²) in [4.78, 5) is 29.5. The van der Waals surface area contributed by atoms with Crippen LogP contribution < -0.4 is 4.74 Å². The Labute approximate surface area is 201 Å². The van der Waals surface area contributed by atoms with Crippen molar-refractivity contribution in [2.75, 3.05) is 13.1 Å². The average Bonchev–Trinajstić information content (AvgIpc) is 3.26. The molecule has 4 rings (SSSR count). The number of amides is 1. The lowest BCUT2D eigenvalue weighted by Gasteiger charge is -2.30. The van der Waals surface area contributed by atoms with Gasteiger partial charge in [-0.05, 0) is 65.6 Å². The minimum absolute atomic E-state index is 0.0350. The highest BCUT2D eigenvalue weighted by atomic mass is 32.2. The summed E-state index contributed by atoms with van der Waals surface area (Å²) in [6.07, 6.45) is 3.68. The molecule has 1 aromatic carbocycles. The highest BCUT2D eigenvalue weighted by molar-refractivity contribution is 7.99. The van der Waals surface area contributed by atoms with Crippen molar-refractivity contribution < 1.29 is 19.4 Å². The molecule has 10 nitrogen and oxygen atoms in total. The monoisotopic (exact) mass is 482 g/mol. The number of aryl methyl sites for hydroxylation is 2. The molecule has 11 heteroatoms. The van der Waals surface area contributed by atoms with Crippen molar-refractivity contribution in [3.8, 4) is 5.75 Å². The lowest BCUT2D eigenvalue weighted by Crippen LogP contribution is -2.41. The molecule has 34 heavy (non-hydrogen) atoms. The van der Waals surface area contributed by atoms with Gasteiger partial charge in [0.15, 0.2) is 0 Å². The van der Waals surface area contributed by atoms with Gasteiger partial charge >= 0.3 is 12.1 Å². The maximum Gasteiger partial charge on any atom is 0.415 e. The van der Waals surface area contributed by atoms with Crippen molar-refractivity contribution in [2.24, 2.45) is 0 Å². The number of pyridine rings is 1. The number of tetrazole rings is 1. The van der Waals surface area contributed by atoms with Gasteiger partial charge in [0.2, 0.25) is 5.16 Å². The predicted octanol–water partition coefficient (Wildman–Crippen LogP) is 3.20. The summed E-state index contributed by atoms with van der Waals surface area (Å²) in [5.41, 5.74) is 3.28. The van der Waals surface area contributed by atoms with Crippen LogP contribution >= 0.6 is 11.8 Å². The van der Waals surface area contributed by atoms with E-state index in [0.29, 0.717) is 24.0 Å². The molecule has 178 valence electrons. The number of aromatic nitrogens is 5. The predicted molar refractivity (Wildman–Crippen MR) is 125 cm³/mol. The Morgan fingerprint density at radius 1 is 1.18 bits per heavy atom. The molecule has 1 aliphatic heterocycles. The van der Waals surface area contributed by atoms with Gasteiger partial charge in [0, 0.05) is 36.7 Å². The third-order valence-corrected chi connectivity index (χ3v) is 6.80. The molecule has 3 aromatic rings. The minimum atomic E-state index is -0.892. The molecule has 1 fully saturated rings. The second-order valence-corrected chi connectivity index (χ2v) is 9.41. The van der Waals surface area contributed by atoms with Gasteiger partial charge in [-0.1, -0.05) is 23.9 Å². The van der Waals surface area contributed by atoms with E-state index in [1.807, 2.05) is 43.5 Å². The van der Waals surface area contributed by atoms with Crippen LogP contribution in [0.1, 0.15) is 36.1 Å². The molecule has 1 aliphatic rings. The topological polar surface area (TPSA) is 123 Å². The lowest BCUT2D eigenvalue weighted by molar-refractivity contribution is -0.137. The summed E-state index contributed by atoms with van der Waals surface area (Å²) in [6, 6.07) is 11.5. The molecular formula is C23H26N6O4S. The summed E-state index contributed by atoms with van der Waals surface area (Å²) in [5, 5.41) is 21.2. The number of nitrogens with zero attached hydrogens (tertiary/aromatic N) is 6. The van der Waals surface area contributed by atoms with Gasteiger partial charge < -0.3 is 14.7 Å². The normalized spacial score (nSPS) is 14.2. The van der Waals surface area contributed by atoms with Crippen LogP contribution in [0.15, 0.2) is 47.8 Å². The smallest absolute Gasteiger partial charge is 0.415 e. The van der Waals surface area contributed by atoms with Crippen molar-refractivity contribution in [3.05, 3.63) is 59.4 Å². The largest absolute Gasteiger partial charge is 0.481 e. The summed E-state index contributed by atoms with van der Waals surface area (Å²) in [6.45, 7) is 3.42. The number of ether oxygens (including phenoxy) is 1. The molecule has 0 spiro atoms. The number of carboxylic acid groups (broad SMARTS) is 1. The van der Waals surface area contributed by atoms with Crippen LogP contribution in [0.3, 0.4) is 0 Å². The van der Waals surface area contributed by atoms with Gasteiger partial charge in [0.25, 0.3) is 0 Å². The van der Waals surface area contributed by atoms with E-state index in [0.717, 1.165) is 30.5 Å². The number of hydrogen-bond donors (Lipinski definition) is 1. The van der Waals surface area contributed by atoms with E-state index in [9.17, 15) is 9.59 Å². The van der Waals surface area contributed by atoms with Gasteiger partial charge in [-0.25, -0.2) is 9.48 Å². The van der Waals surface area contributed by atoms with Crippen LogP contribution in [0.4, 0.5) is 4.79 Å². The first-order valence-corrected chi connectivity index (χ1v) is 12.0. The molecule has 3 heterocycles. The fraction of sp³-hybridized carbons (Fsp3) is 0.391. The molecule has 0 aliphatic carbocycles. The lowest BCUT2D eigenvalue weighted by atomic mass is 10.1. The van der Waals surface area contributed by atoms with Crippen molar-refractivity contribution in [1.29, 1.82) is 0 Å². The number of thioether (sulfide) groups is 1. The maximum absolute atomic E-state index is 12.6. The number of hydrogen-bond acceptors (Lipinski definition) is 8. The Kier molecular flexibility index (Phi) is 7.73. The fourth-order valence-corrected chi connectivity index (χ4v) is 4.75. The van der Waals surface area contributed by atoms with Crippen LogP contribution in [0.25, 0.3) is 0 Å². The Bertz CT molecular complexity index is 1130. The molecular weight excluding hydrogens is 456 g/mol. The number of benzene rings is 1. The summed E-state index contributed by atoms with van der Waals surface area (Å²) in [7, 11) is 0. The molecule has 1 amide bonds. The standard InChI is InChI=1S/C23H26N6O4S/c1-16-6-10-24-18(14-16)15-17-2-4-19(5-3-17)33-23(32)28-11-7-20(8-12-28)34-22-25-26-27-29(22)13-9-21(30)31/h2-6,10,14,20H,7-9,11-13,15H2,1H3,(H,30,31). The first-order chi connectivity index (χ1) is 16.5. The Balaban J connectivity index is 1.24. The van der Waals surface area contributed by atoms with Crippen molar-refractivity contribution >= 4 is 23.8 Å². The number of rotatable bonds is 8. The van der Waals surface area contributed by atoms with Gasteiger partial charge in [0.05, 0.1) is 13.0 Å². The SMILES string of the molecule is Cc1ccnc(Cc2ccc(OC(=O)N3CCC(Sc4nnnn4CCC(=O)O)CC3)cc2)c1. The highest BCUT2D eigenvalue weighted by Crippen LogP contribution is 2.29. The number of carbonyl (C=O) groups is 2. The molecule has 1 saturated heterocycles. The van der Waals surface area contributed by atoms with Crippen molar-refractivity contribution in [1.82, 2.24) is 30.1 Å². The van der Waals surface area contributed by atoms with Crippen LogP contribution in [0.5, 0.6) is 5.75 Å². The Hall–Kier alpha value is -3.47. The average molecular weight is 483 g/mol. The fourth-order valence-electron chi connectivity index (χ4n) is 3.67. The number of likely N-dealkylation sites (tertiary alicyclic amines) is 1. The second-order valence-electron chi connectivity index (χ2n) is 8.15. The van der Waals surface area contributed by atoms with Crippen molar-refractivity contribution in [2.45, 2.75) is 49.6 Å².